The van der Waals surface area contributed by atoms with Crippen molar-refractivity contribution in [3.63, 3.8) is 0 Å². The van der Waals surface area contributed by atoms with Crippen molar-refractivity contribution in [1.82, 2.24) is 21.0 Å². The van der Waals surface area contributed by atoms with Gasteiger partial charge in [-0.3, -0.25) is 0 Å². The van der Waals surface area contributed by atoms with Crippen molar-refractivity contribution in [2.45, 2.75) is 30.6 Å². The number of aromatic amines is 1. The van der Waals surface area contributed by atoms with Crippen LogP contribution in [0, 0.1) is 11.8 Å². The minimum absolute atomic E-state index is 0.216. The number of nitrogens with zero attached hydrogens (tertiary/aromatic N) is 2. The third kappa shape index (κ3) is 3.02. The average molecular weight is 398 g/mol. The van der Waals surface area contributed by atoms with Crippen molar-refractivity contribution in [2.24, 2.45) is 16.8 Å². The van der Waals surface area contributed by atoms with Crippen molar-refractivity contribution in [2.75, 3.05) is 5.75 Å². The fraction of sp³-hybridized carbons (Fsp3) is 0.350. The molecule has 7 nitrogen and oxygen atoms in total. The first kappa shape index (κ1) is 17.5. The first-order chi connectivity index (χ1) is 13.6. The molecule has 3 heterocycles. The maximum Gasteiger partial charge on any atom is 0.178 e. The number of hydrogen-bond donors (Lipinski definition) is 3. The predicted molar refractivity (Wildman–Crippen MR) is 108 cm³/mol. The van der Waals surface area contributed by atoms with E-state index in [0.29, 0.717) is 10.8 Å². The molecule has 3 N–H and O–H groups in total. The highest BCUT2D eigenvalue weighted by molar-refractivity contribution is 7.91. The molecule has 0 atom stereocenters. The molecule has 1 fully saturated rings. The summed E-state index contributed by atoms with van der Waals surface area (Å²) in [4.78, 5) is 7.99. The van der Waals surface area contributed by atoms with E-state index in [1.807, 2.05) is 23.3 Å². The maximum absolute atomic E-state index is 12.7. The molecule has 1 aromatic heterocycles. The molecule has 3 aliphatic rings. The second-order valence-corrected chi connectivity index (χ2v) is 9.70. The molecule has 2 aliphatic heterocycles. The Labute approximate surface area is 164 Å². The van der Waals surface area contributed by atoms with Crippen LogP contribution < -0.4 is 11.0 Å². The molecule has 2 aromatic rings. The number of hydrogen-bond acceptors (Lipinski definition) is 6. The summed E-state index contributed by atoms with van der Waals surface area (Å²) in [5.41, 5.74) is 9.86. The van der Waals surface area contributed by atoms with E-state index in [0.717, 1.165) is 42.8 Å². The van der Waals surface area contributed by atoms with Crippen molar-refractivity contribution in [3.05, 3.63) is 53.9 Å². The lowest BCUT2D eigenvalue weighted by molar-refractivity contribution is 0.307. The van der Waals surface area contributed by atoms with Gasteiger partial charge in [0.2, 0.25) is 0 Å². The maximum atomic E-state index is 12.7. The van der Waals surface area contributed by atoms with Crippen LogP contribution in [-0.2, 0) is 9.84 Å². The Kier molecular flexibility index (Phi) is 4.25. The van der Waals surface area contributed by atoms with Crippen LogP contribution in [0.15, 0.2) is 58.2 Å². The van der Waals surface area contributed by atoms with E-state index in [9.17, 15) is 8.42 Å². The highest BCUT2D eigenvalue weighted by Gasteiger charge is 2.35. The van der Waals surface area contributed by atoms with Crippen LogP contribution in [0.25, 0.3) is 5.70 Å². The lowest BCUT2D eigenvalue weighted by atomic mass is 9.80. The summed E-state index contributed by atoms with van der Waals surface area (Å²) < 4.78 is 25.4. The molecule has 0 unspecified atom stereocenters. The summed E-state index contributed by atoms with van der Waals surface area (Å²) in [6, 6.07) is 10.8. The van der Waals surface area contributed by atoms with E-state index in [1.165, 1.54) is 5.70 Å². The van der Waals surface area contributed by atoms with E-state index in [2.05, 4.69) is 20.9 Å². The molecular formula is C20H23N5O2S. The van der Waals surface area contributed by atoms with E-state index < -0.39 is 9.84 Å². The molecule has 0 radical (unpaired) electrons. The number of aliphatic imine (C=N–C) groups is 1. The molecule has 5 rings (SSSR count). The molecule has 1 aromatic carbocycles. The van der Waals surface area contributed by atoms with Gasteiger partial charge < -0.3 is 10.4 Å². The van der Waals surface area contributed by atoms with Gasteiger partial charge in [0.05, 0.1) is 22.0 Å². The largest absolute Gasteiger partial charge is 0.346 e. The van der Waals surface area contributed by atoms with Gasteiger partial charge in [-0.05, 0) is 49.8 Å². The standard InChI is InChI=1S/C20H23N5O2S/c26-28(27,16-4-2-1-3-5-16)12-14-6-8-15(9-7-14)18-19-17-10-11-21-20(17)22-13-25(19)24-23-18/h1-5,10-11,13-15,21,23-24H,6-9,12H2. The smallest absolute Gasteiger partial charge is 0.178 e. The zero-order chi connectivity index (χ0) is 19.1. The summed E-state index contributed by atoms with van der Waals surface area (Å²) in [5.74, 6) is 1.71. The number of rotatable bonds is 4. The first-order valence-electron chi connectivity index (χ1n) is 9.66. The number of H-pyrrole nitrogens is 1. The molecular weight excluding hydrogens is 374 g/mol. The Morgan fingerprint density at radius 1 is 1.07 bits per heavy atom. The van der Waals surface area contributed by atoms with Gasteiger partial charge in [0.15, 0.2) is 9.84 Å². The number of benzene rings is 1. The van der Waals surface area contributed by atoms with Crippen LogP contribution in [0.3, 0.4) is 0 Å². The van der Waals surface area contributed by atoms with Gasteiger partial charge in [-0.25, -0.2) is 18.4 Å². The minimum Gasteiger partial charge on any atom is -0.346 e. The average Bonchev–Trinajstić information content (AvgIpc) is 3.35. The van der Waals surface area contributed by atoms with Crippen molar-refractivity contribution >= 4 is 27.7 Å². The summed E-state index contributed by atoms with van der Waals surface area (Å²) in [7, 11) is -3.22. The summed E-state index contributed by atoms with van der Waals surface area (Å²) >= 11 is 0. The number of allylic oxidation sites excluding steroid dienone is 1. The molecule has 1 aliphatic carbocycles. The van der Waals surface area contributed by atoms with Crippen LogP contribution in [0.4, 0.5) is 5.82 Å². The second-order valence-electron chi connectivity index (χ2n) is 7.67. The SMILES string of the molecule is O=S(=O)(CC1CCC(C2=C3c4cc[nH]c4N=CN3NN2)CC1)c1ccccc1. The number of aromatic nitrogens is 1. The Bertz CT molecular complexity index is 1030. The van der Waals surface area contributed by atoms with Crippen LogP contribution in [-0.4, -0.2) is 30.5 Å². The number of sulfone groups is 1. The van der Waals surface area contributed by atoms with Crippen molar-refractivity contribution in [1.29, 1.82) is 0 Å². The Morgan fingerprint density at radius 3 is 2.64 bits per heavy atom. The van der Waals surface area contributed by atoms with Crippen LogP contribution in [0.1, 0.15) is 31.2 Å². The number of fused-ring (bicyclic) bond motifs is 3. The summed E-state index contributed by atoms with van der Waals surface area (Å²) in [6.45, 7) is 0. The quantitative estimate of drug-likeness (QED) is 0.738. The van der Waals surface area contributed by atoms with Crippen molar-refractivity contribution in [3.8, 4) is 0 Å². The zero-order valence-corrected chi connectivity index (χ0v) is 16.2. The van der Waals surface area contributed by atoms with Gasteiger partial charge in [-0.1, -0.05) is 18.2 Å². The van der Waals surface area contributed by atoms with Crippen LogP contribution >= 0.6 is 0 Å². The molecule has 0 bridgehead atoms. The molecule has 1 saturated carbocycles. The van der Waals surface area contributed by atoms with Gasteiger partial charge in [0.25, 0.3) is 0 Å². The van der Waals surface area contributed by atoms with E-state index in [1.54, 1.807) is 30.6 Å². The Hall–Kier alpha value is -2.58. The number of nitrogens with one attached hydrogen (secondary N) is 3. The fourth-order valence-electron chi connectivity index (χ4n) is 4.45. The molecule has 146 valence electrons. The first-order valence-corrected chi connectivity index (χ1v) is 11.3. The highest BCUT2D eigenvalue weighted by atomic mass is 32.2. The molecule has 28 heavy (non-hydrogen) atoms. The fourth-order valence-corrected chi connectivity index (χ4v) is 6.17. The monoisotopic (exact) mass is 397 g/mol. The summed E-state index contributed by atoms with van der Waals surface area (Å²) in [6.07, 6.45) is 7.47. The molecule has 8 heteroatoms. The Morgan fingerprint density at radius 2 is 1.86 bits per heavy atom. The summed E-state index contributed by atoms with van der Waals surface area (Å²) in [5, 5.41) is 1.91. The third-order valence-corrected chi connectivity index (χ3v) is 7.80. The van der Waals surface area contributed by atoms with Gasteiger partial charge in [-0.15, -0.1) is 5.53 Å². The lowest BCUT2D eigenvalue weighted by Gasteiger charge is -2.29. The topological polar surface area (TPSA) is 89.6 Å². The highest BCUT2D eigenvalue weighted by Crippen LogP contribution is 2.41. The van der Waals surface area contributed by atoms with E-state index >= 15 is 0 Å². The van der Waals surface area contributed by atoms with Crippen LogP contribution in [0.5, 0.6) is 0 Å². The zero-order valence-electron chi connectivity index (χ0n) is 15.4. The normalized spacial score (nSPS) is 24.1. The second kappa shape index (κ2) is 6.79. The van der Waals surface area contributed by atoms with Gasteiger partial charge in [0.1, 0.15) is 12.2 Å². The Balaban J connectivity index is 1.29. The van der Waals surface area contributed by atoms with E-state index in [4.69, 9.17) is 0 Å². The van der Waals surface area contributed by atoms with Crippen molar-refractivity contribution < 1.29 is 8.42 Å². The van der Waals surface area contributed by atoms with Gasteiger partial charge in [0, 0.05) is 17.7 Å². The third-order valence-electron chi connectivity index (χ3n) is 5.90. The van der Waals surface area contributed by atoms with E-state index in [-0.39, 0.29) is 11.7 Å². The van der Waals surface area contributed by atoms with Crippen LogP contribution in [0.2, 0.25) is 0 Å². The number of hydrazine groups is 2. The molecule has 0 saturated heterocycles. The predicted octanol–water partition coefficient (Wildman–Crippen LogP) is 2.96. The lowest BCUT2D eigenvalue weighted by Crippen LogP contribution is -2.38. The van der Waals surface area contributed by atoms with Gasteiger partial charge in [-0.2, -0.15) is 0 Å². The molecule has 0 amide bonds. The minimum atomic E-state index is -3.22. The van der Waals surface area contributed by atoms with Gasteiger partial charge >= 0.3 is 0 Å². The molecule has 0 spiro atoms.